The molecule has 16 rings (SSSR count). The lowest BCUT2D eigenvalue weighted by atomic mass is 9.84. The lowest BCUT2D eigenvalue weighted by Crippen LogP contribution is -2.01. The van der Waals surface area contributed by atoms with E-state index in [1.807, 2.05) is 0 Å². The van der Waals surface area contributed by atoms with E-state index in [9.17, 15) is 0 Å². The Morgan fingerprint density at radius 1 is 0.163 bits per heavy atom. The highest BCUT2D eigenvalue weighted by Crippen LogP contribution is 2.48. The number of benzene rings is 15. The third-order valence-electron chi connectivity index (χ3n) is 17.2. The molecule has 0 aliphatic heterocycles. The highest BCUT2D eigenvalue weighted by Gasteiger charge is 2.23. The monoisotopic (exact) mass is 1090 g/mol. The molecule has 2 nitrogen and oxygen atoms in total. The van der Waals surface area contributed by atoms with Crippen LogP contribution in [0.2, 0.25) is 0 Å². The summed E-state index contributed by atoms with van der Waals surface area (Å²) in [5.74, 6) is 0.662. The first kappa shape index (κ1) is 50.4. The third-order valence-corrected chi connectivity index (χ3v) is 17.2. The third kappa shape index (κ3) is 9.09. The molecule has 0 bridgehead atoms. The number of rotatable bonds is 10. The molecule has 0 unspecified atom stereocenters. The van der Waals surface area contributed by atoms with Crippen molar-refractivity contribution in [2.24, 2.45) is 0 Å². The van der Waals surface area contributed by atoms with Crippen molar-refractivity contribution in [2.75, 3.05) is 0 Å². The van der Waals surface area contributed by atoms with Crippen LogP contribution in [0.25, 0.3) is 166 Å². The van der Waals surface area contributed by atoms with E-state index in [1.165, 1.54) is 98.4 Å². The van der Waals surface area contributed by atoms with E-state index in [-0.39, 0.29) is 0 Å². The average molecular weight is 1090 g/mol. The van der Waals surface area contributed by atoms with Gasteiger partial charge in [0.25, 0.3) is 0 Å². The van der Waals surface area contributed by atoms with Crippen molar-refractivity contribution in [1.29, 1.82) is 0 Å². The van der Waals surface area contributed by atoms with E-state index in [1.54, 1.807) is 0 Å². The van der Waals surface area contributed by atoms with E-state index in [0.29, 0.717) is 5.82 Å². The highest BCUT2D eigenvalue weighted by molar-refractivity contribution is 6.25. The first-order valence-electron chi connectivity index (χ1n) is 29.5. The van der Waals surface area contributed by atoms with E-state index in [2.05, 4.69) is 328 Å². The van der Waals surface area contributed by atoms with Crippen molar-refractivity contribution >= 4 is 53.9 Å². The number of nitrogens with zero attached hydrogens (tertiary/aromatic N) is 2. The largest absolute Gasteiger partial charge is 0.227 e. The zero-order valence-electron chi connectivity index (χ0n) is 47.1. The number of hydrogen-bond acceptors (Lipinski definition) is 2. The molecule has 0 saturated heterocycles. The molecule has 2 heteroatoms. The van der Waals surface area contributed by atoms with Crippen molar-refractivity contribution in [1.82, 2.24) is 9.97 Å². The van der Waals surface area contributed by atoms with Crippen LogP contribution in [0, 0.1) is 0 Å². The lowest BCUT2D eigenvalue weighted by Gasteiger charge is -2.20. The second-order valence-corrected chi connectivity index (χ2v) is 22.3. The Morgan fingerprint density at radius 3 is 1.12 bits per heavy atom. The maximum Gasteiger partial charge on any atom is 0.160 e. The molecule has 0 aliphatic rings. The fourth-order valence-electron chi connectivity index (χ4n) is 13.1. The fraction of sp³-hybridized carbons (Fsp3) is 0. The van der Waals surface area contributed by atoms with E-state index >= 15 is 0 Å². The lowest BCUT2D eigenvalue weighted by molar-refractivity contribution is 1.18. The predicted octanol–water partition coefficient (Wildman–Crippen LogP) is 22.9. The summed E-state index contributed by atoms with van der Waals surface area (Å²) in [5, 5.41) is 12.3. The van der Waals surface area contributed by atoms with Crippen LogP contribution in [0.3, 0.4) is 0 Å². The van der Waals surface area contributed by atoms with Gasteiger partial charge in [-0.25, -0.2) is 9.97 Å². The number of hydrogen-bond donors (Lipinski definition) is 0. The van der Waals surface area contributed by atoms with Gasteiger partial charge in [0.2, 0.25) is 0 Å². The van der Waals surface area contributed by atoms with Crippen LogP contribution < -0.4 is 0 Å². The zero-order chi connectivity index (χ0) is 56.9. The van der Waals surface area contributed by atoms with Gasteiger partial charge in [-0.3, -0.25) is 0 Å². The molecule has 1 aromatic heterocycles. The summed E-state index contributed by atoms with van der Waals surface area (Å²) in [7, 11) is 0. The predicted molar refractivity (Wildman–Crippen MR) is 364 cm³/mol. The quantitative estimate of drug-likeness (QED) is 0.101. The minimum atomic E-state index is 0.662. The molecule has 15 aromatic carbocycles. The summed E-state index contributed by atoms with van der Waals surface area (Å²) in [6.45, 7) is 0. The summed E-state index contributed by atoms with van der Waals surface area (Å²) < 4.78 is 0. The Labute approximate surface area is 500 Å². The smallest absolute Gasteiger partial charge is 0.160 e. The zero-order valence-corrected chi connectivity index (χ0v) is 47.1. The van der Waals surface area contributed by atoms with Crippen LogP contribution in [0.1, 0.15) is 0 Å². The van der Waals surface area contributed by atoms with E-state index in [0.717, 1.165) is 61.5 Å². The van der Waals surface area contributed by atoms with Gasteiger partial charge < -0.3 is 0 Å². The Bertz CT molecular complexity index is 5070. The van der Waals surface area contributed by atoms with Gasteiger partial charge in [0, 0.05) is 22.3 Å². The molecule has 0 aliphatic carbocycles. The molecule has 0 radical (unpaired) electrons. The summed E-state index contributed by atoms with van der Waals surface area (Å²) in [6.07, 6.45) is 0. The van der Waals surface area contributed by atoms with Crippen molar-refractivity contribution in [3.63, 3.8) is 0 Å². The molecule has 1 heterocycles. The van der Waals surface area contributed by atoms with Crippen LogP contribution >= 0.6 is 0 Å². The highest BCUT2D eigenvalue weighted by atomic mass is 14.9. The van der Waals surface area contributed by atoms with Crippen LogP contribution in [0.4, 0.5) is 0 Å². The van der Waals surface area contributed by atoms with Gasteiger partial charge in [-0.15, -0.1) is 0 Å². The summed E-state index contributed by atoms with van der Waals surface area (Å²) in [6, 6.07) is 119. The molecular weight excluding hydrogens is 1040 g/mol. The molecule has 0 atom stereocenters. The maximum absolute atomic E-state index is 5.63. The molecule has 86 heavy (non-hydrogen) atoms. The molecule has 0 saturated carbocycles. The van der Waals surface area contributed by atoms with Crippen LogP contribution in [0.5, 0.6) is 0 Å². The molecule has 0 fully saturated rings. The van der Waals surface area contributed by atoms with Gasteiger partial charge in [-0.1, -0.05) is 285 Å². The summed E-state index contributed by atoms with van der Waals surface area (Å²) in [5.41, 5.74) is 20.9. The fourth-order valence-corrected chi connectivity index (χ4v) is 13.1. The van der Waals surface area contributed by atoms with Crippen molar-refractivity contribution in [2.45, 2.75) is 0 Å². The van der Waals surface area contributed by atoms with Crippen molar-refractivity contribution < 1.29 is 0 Å². The average Bonchev–Trinajstić information content (AvgIpc) is 0.988. The summed E-state index contributed by atoms with van der Waals surface area (Å²) >= 11 is 0. The SMILES string of the molecule is c1ccc(-c2cc(-c3ccccc3)cc(-c3cccc(-c4ccc(-c5c(-c6ccccc6)nc(-c6cccc(-c7c8ccccc8c(-c8cccc9c8ccc8cc%10ccccc%10cc89)c8ccccc78)c6)nc5-c5ccccc5)cc4)c3)c2)cc1. The Hall–Kier alpha value is -11.3. The van der Waals surface area contributed by atoms with Crippen LogP contribution in [-0.2, 0) is 0 Å². The van der Waals surface area contributed by atoms with Gasteiger partial charge in [0.05, 0.1) is 11.4 Å². The summed E-state index contributed by atoms with van der Waals surface area (Å²) in [4.78, 5) is 11.3. The molecule has 16 aromatic rings. The molecule has 0 N–H and O–H groups in total. The van der Waals surface area contributed by atoms with Crippen LogP contribution in [-0.4, -0.2) is 9.97 Å². The first-order chi connectivity index (χ1) is 42.6. The maximum atomic E-state index is 5.63. The Balaban J connectivity index is 0.816. The normalized spacial score (nSPS) is 11.5. The minimum Gasteiger partial charge on any atom is -0.227 e. The number of aromatic nitrogens is 2. The molecule has 400 valence electrons. The molecule has 0 spiro atoms. The number of fused-ring (bicyclic) bond motifs is 6. The van der Waals surface area contributed by atoms with Gasteiger partial charge in [-0.2, -0.15) is 0 Å². The Morgan fingerprint density at radius 2 is 0.547 bits per heavy atom. The second kappa shape index (κ2) is 21.5. The minimum absolute atomic E-state index is 0.662. The van der Waals surface area contributed by atoms with Gasteiger partial charge in [0.15, 0.2) is 5.82 Å². The second-order valence-electron chi connectivity index (χ2n) is 22.3. The first-order valence-corrected chi connectivity index (χ1v) is 29.5. The van der Waals surface area contributed by atoms with E-state index < -0.39 is 0 Å². The standard InChI is InChI=1S/C84H54N2/c1-5-22-55(23-6-1)68-51-69(56-24-7-2-8-25-56)53-70(52-68)63-33-19-32-61(48-63)57-42-44-58(45-43-57)80-82(59-26-9-3-10-27-59)85-84(86-83(80)60-28-11-4-12-29-60)67-35-20-34-66(50-67)79-74-36-15-17-38-76(74)81(77-39-18-16-37-75(77)79)73-41-21-40-71-72(73)47-46-65-49-62-30-13-14-31-64(62)54-78(65)71/h1-54H. The molecular formula is C84H54N2. The van der Waals surface area contributed by atoms with Crippen molar-refractivity contribution in [3.8, 4) is 112 Å². The van der Waals surface area contributed by atoms with Gasteiger partial charge >= 0.3 is 0 Å². The van der Waals surface area contributed by atoms with Gasteiger partial charge in [0.1, 0.15) is 0 Å². The van der Waals surface area contributed by atoms with Crippen LogP contribution in [0.15, 0.2) is 328 Å². The Kier molecular flexibility index (Phi) is 12.6. The molecule has 0 amide bonds. The van der Waals surface area contributed by atoms with Gasteiger partial charge in [-0.05, 0) is 169 Å². The van der Waals surface area contributed by atoms with E-state index in [4.69, 9.17) is 9.97 Å². The van der Waals surface area contributed by atoms with Crippen molar-refractivity contribution in [3.05, 3.63) is 328 Å². The topological polar surface area (TPSA) is 25.8 Å².